The van der Waals surface area contributed by atoms with Crippen molar-refractivity contribution in [1.29, 1.82) is 0 Å². The molecule has 3 rings (SSSR count). The molecule has 0 unspecified atom stereocenters. The van der Waals surface area contributed by atoms with Gasteiger partial charge in [-0.2, -0.15) is 5.10 Å². The number of thiophene rings is 1. The highest BCUT2D eigenvalue weighted by molar-refractivity contribution is 7.13. The third-order valence-corrected chi connectivity index (χ3v) is 4.32. The first-order valence-electron chi connectivity index (χ1n) is 6.68. The standard InChI is InChI=1S/C14H13ClN4O2S/c1-2-19-11(9(15)7-17-19)8-16-14(20)10-6-12(21-18-10)13-4-3-5-22-13/h3-7H,2,8H2,1H3,(H,16,20). The molecule has 0 fully saturated rings. The van der Waals surface area contributed by atoms with Crippen LogP contribution in [0.25, 0.3) is 10.6 Å². The Morgan fingerprint density at radius 3 is 3.14 bits per heavy atom. The van der Waals surface area contributed by atoms with E-state index < -0.39 is 0 Å². The molecular formula is C14H13ClN4O2S. The molecule has 22 heavy (non-hydrogen) atoms. The molecule has 6 nitrogen and oxygen atoms in total. The first-order valence-corrected chi connectivity index (χ1v) is 7.93. The minimum Gasteiger partial charge on any atom is -0.355 e. The Kier molecular flexibility index (Phi) is 4.26. The number of amides is 1. The normalized spacial score (nSPS) is 10.8. The number of hydrogen-bond acceptors (Lipinski definition) is 5. The lowest BCUT2D eigenvalue weighted by molar-refractivity contribution is 0.0941. The first kappa shape index (κ1) is 14.8. The topological polar surface area (TPSA) is 73.0 Å². The molecule has 3 heterocycles. The quantitative estimate of drug-likeness (QED) is 0.776. The van der Waals surface area contributed by atoms with E-state index in [0.29, 0.717) is 17.3 Å². The van der Waals surface area contributed by atoms with Crippen LogP contribution in [0.3, 0.4) is 0 Å². The van der Waals surface area contributed by atoms with Crippen molar-refractivity contribution >= 4 is 28.8 Å². The second-order valence-electron chi connectivity index (χ2n) is 4.49. The summed E-state index contributed by atoms with van der Waals surface area (Å²) in [6.07, 6.45) is 1.57. The second kappa shape index (κ2) is 6.33. The molecule has 0 saturated carbocycles. The fourth-order valence-electron chi connectivity index (χ4n) is 2.01. The van der Waals surface area contributed by atoms with E-state index in [1.165, 1.54) is 11.3 Å². The molecule has 0 aromatic carbocycles. The second-order valence-corrected chi connectivity index (χ2v) is 5.85. The molecule has 0 atom stereocenters. The van der Waals surface area contributed by atoms with Gasteiger partial charge in [0.15, 0.2) is 11.5 Å². The number of aromatic nitrogens is 3. The summed E-state index contributed by atoms with van der Waals surface area (Å²) in [4.78, 5) is 13.1. The van der Waals surface area contributed by atoms with Gasteiger partial charge in [-0.15, -0.1) is 11.3 Å². The lowest BCUT2D eigenvalue weighted by atomic mass is 10.3. The molecule has 0 spiro atoms. The van der Waals surface area contributed by atoms with Crippen LogP contribution in [0, 0.1) is 0 Å². The van der Waals surface area contributed by atoms with E-state index in [9.17, 15) is 4.79 Å². The summed E-state index contributed by atoms with van der Waals surface area (Å²) < 4.78 is 6.93. The van der Waals surface area contributed by atoms with Crippen LogP contribution in [0.5, 0.6) is 0 Å². The summed E-state index contributed by atoms with van der Waals surface area (Å²) in [6.45, 7) is 2.93. The van der Waals surface area contributed by atoms with E-state index in [-0.39, 0.29) is 18.1 Å². The highest BCUT2D eigenvalue weighted by Crippen LogP contribution is 2.25. The fourth-order valence-corrected chi connectivity index (χ4v) is 2.89. The molecule has 3 aromatic rings. The highest BCUT2D eigenvalue weighted by Gasteiger charge is 2.15. The predicted molar refractivity (Wildman–Crippen MR) is 83.9 cm³/mol. The largest absolute Gasteiger partial charge is 0.355 e. The molecule has 3 aromatic heterocycles. The summed E-state index contributed by atoms with van der Waals surface area (Å²) in [5.41, 5.74) is 1.00. The molecule has 0 saturated heterocycles. The summed E-state index contributed by atoms with van der Waals surface area (Å²) in [7, 11) is 0. The molecule has 1 N–H and O–H groups in total. The Morgan fingerprint density at radius 1 is 1.55 bits per heavy atom. The van der Waals surface area contributed by atoms with Crippen molar-refractivity contribution in [2.75, 3.05) is 0 Å². The van der Waals surface area contributed by atoms with Gasteiger partial charge < -0.3 is 9.84 Å². The van der Waals surface area contributed by atoms with E-state index >= 15 is 0 Å². The van der Waals surface area contributed by atoms with Crippen LogP contribution in [-0.2, 0) is 13.1 Å². The van der Waals surface area contributed by atoms with Gasteiger partial charge in [0, 0.05) is 12.6 Å². The number of hydrogen-bond donors (Lipinski definition) is 1. The molecule has 0 bridgehead atoms. The van der Waals surface area contributed by atoms with Crippen molar-refractivity contribution in [3.05, 3.63) is 46.2 Å². The van der Waals surface area contributed by atoms with Gasteiger partial charge in [0.1, 0.15) is 0 Å². The van der Waals surface area contributed by atoms with Gasteiger partial charge in [0.05, 0.1) is 28.3 Å². The van der Waals surface area contributed by atoms with Crippen molar-refractivity contribution in [3.8, 4) is 10.6 Å². The minimum atomic E-state index is -0.313. The maximum Gasteiger partial charge on any atom is 0.273 e. The smallest absolute Gasteiger partial charge is 0.273 e. The van der Waals surface area contributed by atoms with Gasteiger partial charge in [0.25, 0.3) is 5.91 Å². The lowest BCUT2D eigenvalue weighted by Gasteiger charge is -2.06. The molecule has 8 heteroatoms. The van der Waals surface area contributed by atoms with Crippen LogP contribution in [0.15, 0.2) is 34.3 Å². The SMILES string of the molecule is CCn1ncc(Cl)c1CNC(=O)c1cc(-c2cccs2)on1. The first-order chi connectivity index (χ1) is 10.7. The Balaban J connectivity index is 1.69. The molecule has 1 amide bonds. The fraction of sp³-hybridized carbons (Fsp3) is 0.214. The van der Waals surface area contributed by atoms with Crippen molar-refractivity contribution in [2.45, 2.75) is 20.0 Å². The lowest BCUT2D eigenvalue weighted by Crippen LogP contribution is -2.24. The molecule has 114 valence electrons. The predicted octanol–water partition coefficient (Wildman–Crippen LogP) is 3.20. The van der Waals surface area contributed by atoms with Gasteiger partial charge in [-0.05, 0) is 18.4 Å². The summed E-state index contributed by atoms with van der Waals surface area (Å²) in [5, 5.41) is 13.2. The average Bonchev–Trinajstić information content (AvgIpc) is 3.25. The Hall–Kier alpha value is -2.12. The van der Waals surface area contributed by atoms with Gasteiger partial charge in [-0.3, -0.25) is 9.48 Å². The Bertz CT molecular complexity index is 779. The van der Waals surface area contributed by atoms with Crippen LogP contribution >= 0.6 is 22.9 Å². The maximum absolute atomic E-state index is 12.1. The Morgan fingerprint density at radius 2 is 2.41 bits per heavy atom. The van der Waals surface area contributed by atoms with Crippen molar-refractivity contribution in [3.63, 3.8) is 0 Å². The summed E-state index contributed by atoms with van der Waals surface area (Å²) in [5.74, 6) is 0.267. The third kappa shape index (κ3) is 2.90. The van der Waals surface area contributed by atoms with Crippen molar-refractivity contribution < 1.29 is 9.32 Å². The van der Waals surface area contributed by atoms with E-state index in [1.807, 2.05) is 24.4 Å². The molecule has 0 aliphatic carbocycles. The van der Waals surface area contributed by atoms with Crippen LogP contribution in [-0.4, -0.2) is 20.8 Å². The number of carbonyl (C=O) groups is 1. The van der Waals surface area contributed by atoms with Crippen molar-refractivity contribution in [2.24, 2.45) is 0 Å². The zero-order chi connectivity index (χ0) is 15.5. The van der Waals surface area contributed by atoms with E-state index in [1.54, 1.807) is 16.9 Å². The summed E-state index contributed by atoms with van der Waals surface area (Å²) >= 11 is 7.58. The van der Waals surface area contributed by atoms with E-state index in [2.05, 4.69) is 15.6 Å². The van der Waals surface area contributed by atoms with Gasteiger partial charge in [-0.1, -0.05) is 22.8 Å². The zero-order valence-corrected chi connectivity index (χ0v) is 13.3. The van der Waals surface area contributed by atoms with E-state index in [0.717, 1.165) is 10.6 Å². The minimum absolute atomic E-state index is 0.238. The number of carbonyl (C=O) groups excluding carboxylic acids is 1. The maximum atomic E-state index is 12.1. The van der Waals surface area contributed by atoms with Gasteiger partial charge in [-0.25, -0.2) is 0 Å². The molecule has 0 aliphatic rings. The average molecular weight is 337 g/mol. The number of nitrogens with one attached hydrogen (secondary N) is 1. The number of nitrogens with zero attached hydrogens (tertiary/aromatic N) is 3. The van der Waals surface area contributed by atoms with Crippen molar-refractivity contribution in [1.82, 2.24) is 20.3 Å². The van der Waals surface area contributed by atoms with Crippen LogP contribution in [0.4, 0.5) is 0 Å². The molecule has 0 radical (unpaired) electrons. The summed E-state index contributed by atoms with van der Waals surface area (Å²) in [6, 6.07) is 5.45. The zero-order valence-electron chi connectivity index (χ0n) is 11.7. The highest BCUT2D eigenvalue weighted by atomic mass is 35.5. The van der Waals surface area contributed by atoms with Crippen LogP contribution in [0.1, 0.15) is 23.1 Å². The molecular weight excluding hydrogens is 324 g/mol. The van der Waals surface area contributed by atoms with E-state index in [4.69, 9.17) is 16.1 Å². The Labute approximate surface area is 135 Å². The number of aryl methyl sites for hydroxylation is 1. The van der Waals surface area contributed by atoms with Crippen LogP contribution in [0.2, 0.25) is 5.02 Å². The monoisotopic (exact) mass is 336 g/mol. The number of rotatable bonds is 5. The molecule has 0 aliphatic heterocycles. The third-order valence-electron chi connectivity index (χ3n) is 3.12. The van der Waals surface area contributed by atoms with Crippen LogP contribution < -0.4 is 5.32 Å². The number of halogens is 1. The van der Waals surface area contributed by atoms with Gasteiger partial charge in [0.2, 0.25) is 0 Å². The van der Waals surface area contributed by atoms with Gasteiger partial charge >= 0.3 is 0 Å².